The Labute approximate surface area is 198 Å². The fourth-order valence-corrected chi connectivity index (χ4v) is 3.80. The van der Waals surface area contributed by atoms with Crippen LogP contribution in [0, 0.1) is 5.82 Å². The van der Waals surface area contributed by atoms with E-state index in [0.29, 0.717) is 5.82 Å². The van der Waals surface area contributed by atoms with E-state index in [1.807, 2.05) is 0 Å². The van der Waals surface area contributed by atoms with E-state index in [2.05, 4.69) is 10.4 Å². The maximum absolute atomic E-state index is 14.5. The molecule has 2 amide bonds. The molecule has 0 aliphatic heterocycles. The third-order valence-electron chi connectivity index (χ3n) is 4.86. The Hall–Kier alpha value is -3.62. The molecule has 0 saturated heterocycles. The molecule has 0 unspecified atom stereocenters. The van der Waals surface area contributed by atoms with Gasteiger partial charge < -0.3 is 14.8 Å². The van der Waals surface area contributed by atoms with E-state index >= 15 is 0 Å². The molecule has 4 aromatic rings. The molecule has 7 nitrogen and oxygen atoms in total. The van der Waals surface area contributed by atoms with Gasteiger partial charge in [0, 0.05) is 19.4 Å². The summed E-state index contributed by atoms with van der Waals surface area (Å²) in [6.07, 6.45) is 4.79. The van der Waals surface area contributed by atoms with Gasteiger partial charge in [0.1, 0.15) is 17.1 Å². The van der Waals surface area contributed by atoms with Crippen LogP contribution >= 0.6 is 23.2 Å². The van der Waals surface area contributed by atoms with Gasteiger partial charge in [0.2, 0.25) is 5.91 Å². The van der Waals surface area contributed by atoms with Crippen LogP contribution in [0.15, 0.2) is 73.2 Å². The number of benzene rings is 2. The van der Waals surface area contributed by atoms with E-state index in [4.69, 9.17) is 23.2 Å². The summed E-state index contributed by atoms with van der Waals surface area (Å²) in [5.41, 5.74) is 0.654. The van der Waals surface area contributed by atoms with Crippen LogP contribution in [0.4, 0.5) is 10.1 Å². The second-order valence-corrected chi connectivity index (χ2v) is 7.96. The van der Waals surface area contributed by atoms with Gasteiger partial charge in [-0.05, 0) is 36.4 Å². The molecule has 0 spiro atoms. The normalized spacial score (nSPS) is 10.8. The molecule has 0 radical (unpaired) electrons. The second kappa shape index (κ2) is 9.48. The molecule has 2 aromatic carbocycles. The maximum atomic E-state index is 14.5. The summed E-state index contributed by atoms with van der Waals surface area (Å²) >= 11 is 12.2. The number of hydrogen-bond acceptors (Lipinski definition) is 3. The Balaban J connectivity index is 1.62. The molecule has 0 saturated carbocycles. The Morgan fingerprint density at radius 2 is 1.70 bits per heavy atom. The van der Waals surface area contributed by atoms with E-state index in [1.165, 1.54) is 28.9 Å². The first-order valence-electron chi connectivity index (χ1n) is 9.82. The highest BCUT2D eigenvalue weighted by atomic mass is 35.5. The summed E-state index contributed by atoms with van der Waals surface area (Å²) in [6, 6.07) is 14.5. The van der Waals surface area contributed by atoms with Crippen molar-refractivity contribution in [2.24, 2.45) is 0 Å². The van der Waals surface area contributed by atoms with Crippen LogP contribution in [0.1, 0.15) is 10.4 Å². The molecule has 2 aromatic heterocycles. The summed E-state index contributed by atoms with van der Waals surface area (Å²) in [5.74, 6) is -1.10. The fourth-order valence-electron chi connectivity index (χ4n) is 3.31. The van der Waals surface area contributed by atoms with Gasteiger partial charge in [0.05, 0.1) is 28.5 Å². The molecule has 0 atom stereocenters. The number of nitrogens with one attached hydrogen (secondary N) is 1. The van der Waals surface area contributed by atoms with Gasteiger partial charge in [-0.2, -0.15) is 5.10 Å². The lowest BCUT2D eigenvalue weighted by Gasteiger charge is -2.18. The summed E-state index contributed by atoms with van der Waals surface area (Å²) in [5, 5.41) is 7.44. The number of likely N-dealkylation sites (N-methyl/N-ethyl adjacent to an activating group) is 1. The molecule has 33 heavy (non-hydrogen) atoms. The quantitative estimate of drug-likeness (QED) is 0.425. The topological polar surface area (TPSA) is 72.2 Å². The van der Waals surface area contributed by atoms with Gasteiger partial charge in [-0.3, -0.25) is 9.59 Å². The average Bonchev–Trinajstić information content (AvgIpc) is 3.46. The van der Waals surface area contributed by atoms with E-state index in [1.54, 1.807) is 65.5 Å². The molecule has 0 fully saturated rings. The van der Waals surface area contributed by atoms with Crippen LogP contribution < -0.4 is 5.32 Å². The molecule has 4 rings (SSSR count). The largest absolute Gasteiger partial charge is 0.332 e. The van der Waals surface area contributed by atoms with Crippen molar-refractivity contribution >= 4 is 40.7 Å². The van der Waals surface area contributed by atoms with E-state index in [9.17, 15) is 14.0 Å². The van der Waals surface area contributed by atoms with Crippen molar-refractivity contribution in [3.63, 3.8) is 0 Å². The first kappa shape index (κ1) is 22.6. The van der Waals surface area contributed by atoms with Gasteiger partial charge in [-0.25, -0.2) is 9.07 Å². The van der Waals surface area contributed by atoms with Crippen molar-refractivity contribution in [3.8, 4) is 11.5 Å². The number of rotatable bonds is 6. The molecule has 0 aliphatic carbocycles. The Kier molecular flexibility index (Phi) is 6.48. The smallest absolute Gasteiger partial charge is 0.259 e. The van der Waals surface area contributed by atoms with Gasteiger partial charge in [0.25, 0.3) is 5.91 Å². The van der Waals surface area contributed by atoms with Crippen molar-refractivity contribution in [1.29, 1.82) is 0 Å². The standard InChI is InChI=1S/C23H18Cl2FN5O2/c1-29(14-20(32)28-21-16(24)7-6-8-17(21)25)23(33)15-13-27-31(19-10-3-2-9-18(19)26)22(15)30-11-4-5-12-30/h2-13H,14H2,1H3,(H,28,32). The first-order valence-corrected chi connectivity index (χ1v) is 10.6. The zero-order valence-corrected chi connectivity index (χ0v) is 18.9. The predicted octanol–water partition coefficient (Wildman–Crippen LogP) is 4.82. The zero-order chi connectivity index (χ0) is 23.5. The van der Waals surface area contributed by atoms with E-state index in [-0.39, 0.29) is 33.5 Å². The minimum absolute atomic E-state index is 0.189. The number of para-hydroxylation sites is 2. The van der Waals surface area contributed by atoms with Crippen LogP contribution in [-0.2, 0) is 4.79 Å². The number of nitrogens with zero attached hydrogens (tertiary/aromatic N) is 4. The number of carbonyl (C=O) groups excluding carboxylic acids is 2. The van der Waals surface area contributed by atoms with Gasteiger partial charge in [0.15, 0.2) is 5.82 Å². The molecule has 10 heteroatoms. The monoisotopic (exact) mass is 485 g/mol. The number of carbonyl (C=O) groups is 2. The number of amides is 2. The van der Waals surface area contributed by atoms with Crippen molar-refractivity contribution in [2.45, 2.75) is 0 Å². The van der Waals surface area contributed by atoms with E-state index < -0.39 is 17.6 Å². The molecule has 0 aliphatic rings. The highest BCUT2D eigenvalue weighted by Crippen LogP contribution is 2.29. The summed E-state index contributed by atoms with van der Waals surface area (Å²) in [7, 11) is 1.48. The van der Waals surface area contributed by atoms with Gasteiger partial charge in [-0.1, -0.05) is 41.4 Å². The Bertz CT molecular complexity index is 1300. The molecular formula is C23H18Cl2FN5O2. The highest BCUT2D eigenvalue weighted by Gasteiger charge is 2.25. The molecule has 1 N–H and O–H groups in total. The SMILES string of the molecule is CN(CC(=O)Nc1c(Cl)cccc1Cl)C(=O)c1cnn(-c2ccccc2F)c1-n1cccc1. The molecule has 2 heterocycles. The van der Waals surface area contributed by atoms with Crippen LogP contribution in [0.25, 0.3) is 11.5 Å². The lowest BCUT2D eigenvalue weighted by molar-refractivity contribution is -0.116. The summed E-state index contributed by atoms with van der Waals surface area (Å²) < 4.78 is 17.5. The van der Waals surface area contributed by atoms with Crippen molar-refractivity contribution < 1.29 is 14.0 Å². The predicted molar refractivity (Wildman–Crippen MR) is 125 cm³/mol. The molecule has 0 bridgehead atoms. The minimum Gasteiger partial charge on any atom is -0.332 e. The van der Waals surface area contributed by atoms with Crippen LogP contribution in [0.3, 0.4) is 0 Å². The van der Waals surface area contributed by atoms with Crippen molar-refractivity contribution in [2.75, 3.05) is 18.9 Å². The lowest BCUT2D eigenvalue weighted by atomic mass is 10.2. The molecular weight excluding hydrogens is 468 g/mol. The number of anilines is 1. The van der Waals surface area contributed by atoms with Crippen LogP contribution in [0.5, 0.6) is 0 Å². The van der Waals surface area contributed by atoms with Crippen LogP contribution in [-0.4, -0.2) is 44.7 Å². The summed E-state index contributed by atoms with van der Waals surface area (Å²) in [6.45, 7) is -0.267. The van der Waals surface area contributed by atoms with E-state index in [0.717, 1.165) is 0 Å². The third-order valence-corrected chi connectivity index (χ3v) is 5.49. The Morgan fingerprint density at radius 1 is 1.03 bits per heavy atom. The first-order chi connectivity index (χ1) is 15.9. The Morgan fingerprint density at radius 3 is 2.36 bits per heavy atom. The number of hydrogen-bond donors (Lipinski definition) is 1. The number of aromatic nitrogens is 3. The zero-order valence-electron chi connectivity index (χ0n) is 17.4. The third kappa shape index (κ3) is 4.62. The van der Waals surface area contributed by atoms with Crippen LogP contribution in [0.2, 0.25) is 10.0 Å². The highest BCUT2D eigenvalue weighted by molar-refractivity contribution is 6.39. The van der Waals surface area contributed by atoms with Gasteiger partial charge in [-0.15, -0.1) is 0 Å². The minimum atomic E-state index is -0.489. The van der Waals surface area contributed by atoms with Crippen molar-refractivity contribution in [1.82, 2.24) is 19.2 Å². The average molecular weight is 486 g/mol. The summed E-state index contributed by atoms with van der Waals surface area (Å²) in [4.78, 5) is 27.0. The molecule has 168 valence electrons. The maximum Gasteiger partial charge on any atom is 0.259 e. The van der Waals surface area contributed by atoms with Gasteiger partial charge >= 0.3 is 0 Å². The van der Waals surface area contributed by atoms with Crippen molar-refractivity contribution in [3.05, 3.63) is 94.6 Å². The lowest BCUT2D eigenvalue weighted by Crippen LogP contribution is -2.35. The second-order valence-electron chi connectivity index (χ2n) is 7.14. The number of halogens is 3. The fraction of sp³-hybridized carbons (Fsp3) is 0.0870.